The van der Waals surface area contributed by atoms with Crippen molar-refractivity contribution >= 4 is 76.2 Å². The molecule has 0 saturated heterocycles. The summed E-state index contributed by atoms with van der Waals surface area (Å²) >= 11 is 0. The van der Waals surface area contributed by atoms with Crippen LogP contribution in [0.4, 0.5) is 0 Å². The summed E-state index contributed by atoms with van der Waals surface area (Å²) in [5, 5.41) is 10.9. The van der Waals surface area contributed by atoms with Crippen molar-refractivity contribution in [1.29, 1.82) is 0 Å². The summed E-state index contributed by atoms with van der Waals surface area (Å²) in [7, 11) is 0. The minimum Gasteiger partial charge on any atom is -0.308 e. The summed E-state index contributed by atoms with van der Waals surface area (Å²) in [5.74, 6) is 0.744. The molecule has 0 radical (unpaired) electrons. The van der Waals surface area contributed by atoms with Crippen molar-refractivity contribution in [1.82, 2.24) is 8.80 Å². The highest BCUT2D eigenvalue weighted by molar-refractivity contribution is 6.45. The fourth-order valence-corrected chi connectivity index (χ4v) is 12.4. The zero-order valence-corrected chi connectivity index (χ0v) is 49.3. The quantitative estimate of drug-likeness (QED) is 0.166. The molecule has 0 amide bonds. The molecule has 0 aliphatic rings. The van der Waals surface area contributed by atoms with Gasteiger partial charge in [0.2, 0.25) is 0 Å². The average Bonchev–Trinajstić information content (AvgIpc) is 4.01. The standard InChI is InChI=1S/C72H84N2/c1-39(2)43-31-53-61-59-51-25-23-42(46-29-49(69(11,12)13)38-50(30-46)70(14,15)16)36-58(51)74-64-54(32-44(40(3)4)34-56(64)72(20,21)22)62(66(59)74)60-52-26-24-41(45-27-47(67(5,6)7)37-48(28-45)68(8,9)10)35-57(52)73(65(60)61)63(53)55(33-43)71(17,18)19/h23-40H,1-22H3. The van der Waals surface area contributed by atoms with Gasteiger partial charge in [0.05, 0.1) is 33.1 Å². The van der Waals surface area contributed by atoms with E-state index < -0.39 is 0 Å². The van der Waals surface area contributed by atoms with E-state index in [4.69, 9.17) is 0 Å². The molecule has 2 nitrogen and oxygen atoms in total. The smallest absolute Gasteiger partial charge is 0.0634 e. The van der Waals surface area contributed by atoms with Crippen LogP contribution >= 0.6 is 0 Å². The van der Waals surface area contributed by atoms with Crippen molar-refractivity contribution < 1.29 is 0 Å². The SMILES string of the molecule is CC(C)c1cc(C(C)(C)C)c2c(c1)c1c3c4ccc(-c5cc(C(C)(C)C)cc(C(C)(C)C)c5)cc4n4c5c(C(C)(C)C)cc(C(C)C)cc5c(c5c6ccc(-c7cc(C(C)(C)C)cc(C(C)(C)C)c7)cc6n2c51)c34. The Bertz CT molecular complexity index is 3760. The van der Waals surface area contributed by atoms with Gasteiger partial charge in [-0.3, -0.25) is 0 Å². The second kappa shape index (κ2) is 15.8. The Labute approximate surface area is 443 Å². The largest absolute Gasteiger partial charge is 0.308 e. The minimum absolute atomic E-state index is 0.00904. The van der Waals surface area contributed by atoms with Crippen LogP contribution in [0.3, 0.4) is 0 Å². The van der Waals surface area contributed by atoms with Crippen LogP contribution < -0.4 is 0 Å². The molecule has 0 saturated carbocycles. The number of benzene rings is 7. The van der Waals surface area contributed by atoms with E-state index in [1.807, 2.05) is 0 Å². The van der Waals surface area contributed by atoms with Crippen molar-refractivity contribution in [2.75, 3.05) is 0 Å². The number of nitrogens with zero attached hydrogens (tertiary/aromatic N) is 2. The third kappa shape index (κ3) is 7.60. The van der Waals surface area contributed by atoms with E-state index >= 15 is 0 Å². The van der Waals surface area contributed by atoms with Gasteiger partial charge >= 0.3 is 0 Å². The first-order valence-electron chi connectivity index (χ1n) is 28.0. The third-order valence-electron chi connectivity index (χ3n) is 17.1. The van der Waals surface area contributed by atoms with Crippen LogP contribution in [-0.2, 0) is 32.5 Å². The molecule has 11 rings (SSSR count). The van der Waals surface area contributed by atoms with Crippen molar-refractivity contribution in [3.63, 3.8) is 0 Å². The molecule has 0 N–H and O–H groups in total. The van der Waals surface area contributed by atoms with Gasteiger partial charge in [0.1, 0.15) is 0 Å². The van der Waals surface area contributed by atoms with Gasteiger partial charge in [-0.2, -0.15) is 0 Å². The molecule has 382 valence electrons. The topological polar surface area (TPSA) is 8.82 Å². The highest BCUT2D eigenvalue weighted by atomic mass is 15.0. The van der Waals surface area contributed by atoms with Gasteiger partial charge < -0.3 is 8.80 Å². The summed E-state index contributed by atoms with van der Waals surface area (Å²) in [4.78, 5) is 0. The molecule has 0 aliphatic heterocycles. The number of hydrogen-bond donors (Lipinski definition) is 0. The predicted octanol–water partition coefficient (Wildman–Crippen LogP) is 21.4. The maximum absolute atomic E-state index is 2.75. The average molecular weight is 977 g/mol. The van der Waals surface area contributed by atoms with Crippen LogP contribution in [0.1, 0.15) is 209 Å². The van der Waals surface area contributed by atoms with Crippen LogP contribution in [0.25, 0.3) is 98.4 Å². The maximum Gasteiger partial charge on any atom is 0.0634 e. The van der Waals surface area contributed by atoms with Gasteiger partial charge in [-0.1, -0.05) is 225 Å². The minimum atomic E-state index is -0.115. The fraction of sp³-hybridized carbons (Fsp3) is 0.417. The van der Waals surface area contributed by atoms with E-state index in [-0.39, 0.29) is 32.5 Å². The third-order valence-corrected chi connectivity index (χ3v) is 17.1. The molecule has 4 aromatic heterocycles. The molecule has 0 fully saturated rings. The maximum atomic E-state index is 2.75. The Hall–Kier alpha value is -5.86. The van der Waals surface area contributed by atoms with Gasteiger partial charge in [-0.15, -0.1) is 0 Å². The lowest BCUT2D eigenvalue weighted by atomic mass is 9.79. The summed E-state index contributed by atoms with van der Waals surface area (Å²) in [6, 6.07) is 40.0. The monoisotopic (exact) mass is 977 g/mol. The number of fused-ring (bicyclic) bond motifs is 14. The Morgan fingerprint density at radius 1 is 0.284 bits per heavy atom. The molecular formula is C72H84N2. The second-order valence-corrected chi connectivity index (χ2v) is 29.7. The van der Waals surface area contributed by atoms with Gasteiger partial charge in [0.25, 0.3) is 0 Å². The second-order valence-electron chi connectivity index (χ2n) is 29.7. The lowest BCUT2D eigenvalue weighted by Gasteiger charge is -2.26. The molecule has 0 spiro atoms. The Kier molecular flexibility index (Phi) is 10.8. The highest BCUT2D eigenvalue weighted by Gasteiger charge is 2.34. The molecule has 2 heteroatoms. The molecule has 0 bridgehead atoms. The molecule has 0 atom stereocenters. The van der Waals surface area contributed by atoms with E-state index in [2.05, 4.69) is 258 Å². The molecule has 7 aromatic carbocycles. The molecule has 11 aromatic rings. The first-order valence-corrected chi connectivity index (χ1v) is 28.0. The van der Waals surface area contributed by atoms with Gasteiger partial charge in [-0.25, -0.2) is 0 Å². The van der Waals surface area contributed by atoms with Crippen LogP contribution in [0.15, 0.2) is 97.1 Å². The molecule has 74 heavy (non-hydrogen) atoms. The molecule has 0 unspecified atom stereocenters. The van der Waals surface area contributed by atoms with Crippen LogP contribution in [0.5, 0.6) is 0 Å². The zero-order chi connectivity index (χ0) is 53.6. The van der Waals surface area contributed by atoms with Crippen molar-refractivity contribution in [3.05, 3.63) is 142 Å². The summed E-state index contributed by atoms with van der Waals surface area (Å²) in [5.41, 5.74) is 24.1. The Balaban J connectivity index is 1.41. The van der Waals surface area contributed by atoms with Gasteiger partial charge in [-0.05, 0) is 135 Å². The summed E-state index contributed by atoms with van der Waals surface area (Å²) in [6.45, 7) is 52.2. The normalized spacial score (nSPS) is 14.1. The predicted molar refractivity (Wildman–Crippen MR) is 327 cm³/mol. The molecule has 4 heterocycles. The van der Waals surface area contributed by atoms with Crippen molar-refractivity contribution in [2.45, 2.75) is 197 Å². The Morgan fingerprint density at radius 2 is 0.581 bits per heavy atom. The molecule has 0 aliphatic carbocycles. The Morgan fingerprint density at radius 3 is 0.851 bits per heavy atom. The first-order chi connectivity index (χ1) is 34.1. The van der Waals surface area contributed by atoms with Crippen molar-refractivity contribution in [2.24, 2.45) is 0 Å². The number of aromatic nitrogens is 2. The van der Waals surface area contributed by atoms with E-state index in [1.54, 1.807) is 0 Å². The lowest BCUT2D eigenvalue weighted by molar-refractivity contribution is 0.568. The van der Waals surface area contributed by atoms with Gasteiger partial charge in [0.15, 0.2) is 0 Å². The van der Waals surface area contributed by atoms with Crippen molar-refractivity contribution in [3.8, 4) is 22.3 Å². The number of hydrogen-bond acceptors (Lipinski definition) is 0. The fourth-order valence-electron chi connectivity index (χ4n) is 12.4. The highest BCUT2D eigenvalue weighted by Crippen LogP contribution is 2.55. The van der Waals surface area contributed by atoms with E-state index in [9.17, 15) is 0 Å². The lowest BCUT2D eigenvalue weighted by Crippen LogP contribution is -2.16. The van der Waals surface area contributed by atoms with Crippen LogP contribution in [0, 0.1) is 0 Å². The van der Waals surface area contributed by atoms with E-state index in [0.29, 0.717) is 11.8 Å². The van der Waals surface area contributed by atoms with Crippen LogP contribution in [0.2, 0.25) is 0 Å². The summed E-state index contributed by atoms with van der Waals surface area (Å²) < 4.78 is 5.49. The first kappa shape index (κ1) is 50.3. The van der Waals surface area contributed by atoms with Crippen LogP contribution in [-0.4, -0.2) is 8.80 Å². The molecular weight excluding hydrogens is 893 g/mol. The number of rotatable bonds is 4. The van der Waals surface area contributed by atoms with E-state index in [0.717, 1.165) is 0 Å². The zero-order valence-electron chi connectivity index (χ0n) is 49.3. The summed E-state index contributed by atoms with van der Waals surface area (Å²) in [6.07, 6.45) is 0. The van der Waals surface area contributed by atoms with Gasteiger partial charge in [0, 0.05) is 43.1 Å². The van der Waals surface area contributed by atoms with E-state index in [1.165, 1.54) is 143 Å².